The Morgan fingerprint density at radius 1 is 0.333 bits per heavy atom. The molecule has 310 valence electrons. The fraction of sp³-hybridized carbons (Fsp3) is 0.0312. The highest BCUT2D eigenvalue weighted by molar-refractivity contribution is 7.80. The average Bonchev–Trinajstić information content (AvgIpc) is 3.75. The van der Waals surface area contributed by atoms with Gasteiger partial charge >= 0.3 is 0 Å². The van der Waals surface area contributed by atoms with Gasteiger partial charge < -0.3 is 0 Å². The molecule has 0 fully saturated rings. The predicted molar refractivity (Wildman–Crippen MR) is 289 cm³/mol. The summed E-state index contributed by atoms with van der Waals surface area (Å²) < 4.78 is 2.65. The Morgan fingerprint density at radius 3 is 1.45 bits per heavy atom. The van der Waals surface area contributed by atoms with Crippen LogP contribution in [-0.4, -0.2) is 0 Å². The van der Waals surface area contributed by atoms with Gasteiger partial charge in [0.15, 0.2) is 0 Å². The summed E-state index contributed by atoms with van der Waals surface area (Å²) in [6.45, 7) is 0. The molecular formula is C64H42S2. The van der Waals surface area contributed by atoms with Crippen LogP contribution in [0.3, 0.4) is 0 Å². The van der Waals surface area contributed by atoms with Gasteiger partial charge in [-0.25, -0.2) is 0 Å². The Balaban J connectivity index is 0.968. The molecule has 1 aromatic heterocycles. The quantitative estimate of drug-likeness (QED) is 0.125. The highest BCUT2D eigenvalue weighted by Crippen LogP contribution is 2.49. The van der Waals surface area contributed by atoms with E-state index in [1.165, 1.54) is 119 Å². The molecule has 0 saturated heterocycles. The Labute approximate surface area is 394 Å². The summed E-state index contributed by atoms with van der Waals surface area (Å²) in [6.07, 6.45) is 6.77. The molecule has 0 aliphatic heterocycles. The highest BCUT2D eigenvalue weighted by Gasteiger charge is 2.23. The Morgan fingerprint density at radius 2 is 0.803 bits per heavy atom. The van der Waals surface area contributed by atoms with Crippen LogP contribution in [0.25, 0.3) is 125 Å². The number of thiophene rings is 1. The molecule has 0 N–H and O–H groups in total. The molecule has 1 aliphatic rings. The monoisotopic (exact) mass is 874 g/mol. The number of hydrogen-bond donors (Lipinski definition) is 1. The number of fused-ring (bicyclic) bond motifs is 7. The maximum absolute atomic E-state index is 5.15. The van der Waals surface area contributed by atoms with Crippen molar-refractivity contribution in [3.05, 3.63) is 230 Å². The molecule has 0 spiro atoms. The van der Waals surface area contributed by atoms with Crippen molar-refractivity contribution >= 4 is 82.5 Å². The van der Waals surface area contributed by atoms with E-state index in [-0.39, 0.29) is 0 Å². The molecule has 1 heterocycles. The Bertz CT molecular complexity index is 3870. The van der Waals surface area contributed by atoms with Crippen molar-refractivity contribution in [1.29, 1.82) is 0 Å². The molecule has 0 saturated carbocycles. The van der Waals surface area contributed by atoms with Gasteiger partial charge in [-0.1, -0.05) is 182 Å². The van der Waals surface area contributed by atoms with Crippen LogP contribution in [-0.2, 0) is 6.42 Å². The van der Waals surface area contributed by atoms with Crippen LogP contribution in [0.5, 0.6) is 0 Å². The van der Waals surface area contributed by atoms with Crippen molar-refractivity contribution < 1.29 is 0 Å². The topological polar surface area (TPSA) is 0 Å². The third kappa shape index (κ3) is 6.36. The summed E-state index contributed by atoms with van der Waals surface area (Å²) in [4.78, 5) is 0.958. The summed E-state index contributed by atoms with van der Waals surface area (Å²) in [5, 5.41) is 10.2. The van der Waals surface area contributed by atoms with Gasteiger partial charge in [-0.3, -0.25) is 0 Å². The molecule has 0 atom stereocenters. The number of thiol groups is 1. The summed E-state index contributed by atoms with van der Waals surface area (Å²) in [6, 6.07) is 78.5. The summed E-state index contributed by atoms with van der Waals surface area (Å²) >= 11 is 7.04. The zero-order valence-corrected chi connectivity index (χ0v) is 37.8. The van der Waals surface area contributed by atoms with Crippen LogP contribution < -0.4 is 0 Å². The van der Waals surface area contributed by atoms with Crippen LogP contribution in [0.4, 0.5) is 0 Å². The molecular weight excluding hydrogens is 833 g/mol. The largest absolute Gasteiger partial charge is 0.143 e. The van der Waals surface area contributed by atoms with Crippen molar-refractivity contribution in [2.45, 2.75) is 17.7 Å². The van der Waals surface area contributed by atoms with Crippen LogP contribution in [0.2, 0.25) is 0 Å². The molecule has 0 unspecified atom stereocenters. The highest BCUT2D eigenvalue weighted by atomic mass is 32.1. The van der Waals surface area contributed by atoms with Gasteiger partial charge in [0.1, 0.15) is 0 Å². The minimum Gasteiger partial charge on any atom is -0.143 e. The summed E-state index contributed by atoms with van der Waals surface area (Å²) in [5.74, 6) is 0. The minimum absolute atomic E-state index is 0.958. The lowest BCUT2D eigenvalue weighted by Gasteiger charge is -2.24. The van der Waals surface area contributed by atoms with E-state index in [9.17, 15) is 0 Å². The molecule has 1 aliphatic carbocycles. The zero-order chi connectivity index (χ0) is 43.7. The maximum Gasteiger partial charge on any atom is 0.0355 e. The van der Waals surface area contributed by atoms with E-state index in [2.05, 4.69) is 224 Å². The lowest BCUT2D eigenvalue weighted by atomic mass is 9.80. The Hall–Kier alpha value is -7.49. The van der Waals surface area contributed by atoms with E-state index in [0.717, 1.165) is 28.9 Å². The van der Waals surface area contributed by atoms with E-state index in [1.807, 2.05) is 11.3 Å². The van der Waals surface area contributed by atoms with Crippen LogP contribution in [0, 0.1) is 0 Å². The standard InChI is InChI=1S/C64H42S2/c65-58-33-30-45(63-49-24-9-7-22-47(49)61(41-18-5-2-6-19-41)48-23-8-10-25-50(48)63)38-55(58)43-20-15-21-44(36-43)62-51-26-11-13-28-53(51)64(54-29-14-12-27-52(54)62)46-32-35-60-57(39-46)56-37-42(31-34-59(56)66-60)40-16-3-1-4-17-40/h1-13,15-28,30-39,65H,14,29H2. The van der Waals surface area contributed by atoms with E-state index < -0.39 is 0 Å². The van der Waals surface area contributed by atoms with Gasteiger partial charge in [-0.05, 0) is 166 Å². The molecule has 13 rings (SSSR count). The van der Waals surface area contributed by atoms with Crippen molar-refractivity contribution in [3.8, 4) is 66.8 Å². The summed E-state index contributed by atoms with van der Waals surface area (Å²) in [5.41, 5.74) is 17.6. The molecule has 11 aromatic carbocycles. The van der Waals surface area contributed by atoms with Gasteiger partial charge in [-0.15, -0.1) is 24.0 Å². The third-order valence-electron chi connectivity index (χ3n) is 13.8. The summed E-state index contributed by atoms with van der Waals surface area (Å²) in [7, 11) is 0. The predicted octanol–water partition coefficient (Wildman–Crippen LogP) is 18.8. The fourth-order valence-corrected chi connectivity index (χ4v) is 12.2. The molecule has 0 amide bonds. The van der Waals surface area contributed by atoms with Gasteiger partial charge in [-0.2, -0.15) is 0 Å². The van der Waals surface area contributed by atoms with Crippen molar-refractivity contribution in [2.75, 3.05) is 0 Å². The lowest BCUT2D eigenvalue weighted by molar-refractivity contribution is 0.991. The van der Waals surface area contributed by atoms with Gasteiger partial charge in [0.25, 0.3) is 0 Å². The number of benzene rings is 11. The SMILES string of the molecule is Sc1ccc(-c2c3ccccc3c(-c3ccccc3)c3ccccc23)cc1-c1cccc(-c2c3c(c(-c4ccc5sc6ccc(-c7ccccc7)cc6c5c4)c4ccccc24)CCC=C3)c1. The molecule has 2 heteroatoms. The first-order valence-corrected chi connectivity index (χ1v) is 24.1. The van der Waals surface area contributed by atoms with Gasteiger partial charge in [0.2, 0.25) is 0 Å². The second kappa shape index (κ2) is 15.9. The fourth-order valence-electron chi connectivity index (χ4n) is 10.9. The third-order valence-corrected chi connectivity index (χ3v) is 15.4. The van der Waals surface area contributed by atoms with Gasteiger partial charge in [0.05, 0.1) is 0 Å². The molecule has 66 heavy (non-hydrogen) atoms. The second-order valence-corrected chi connectivity index (χ2v) is 19.1. The second-order valence-electron chi connectivity index (χ2n) is 17.5. The number of rotatable bonds is 6. The maximum atomic E-state index is 5.15. The van der Waals surface area contributed by atoms with Crippen molar-refractivity contribution in [2.24, 2.45) is 0 Å². The van der Waals surface area contributed by atoms with Crippen LogP contribution in [0.15, 0.2) is 223 Å². The molecule has 12 aromatic rings. The van der Waals surface area contributed by atoms with E-state index >= 15 is 0 Å². The smallest absolute Gasteiger partial charge is 0.0355 e. The number of allylic oxidation sites excluding steroid dienone is 1. The Kier molecular flexibility index (Phi) is 9.37. The van der Waals surface area contributed by atoms with Crippen LogP contribution >= 0.6 is 24.0 Å². The molecule has 0 nitrogen and oxygen atoms in total. The first-order valence-electron chi connectivity index (χ1n) is 22.9. The van der Waals surface area contributed by atoms with Crippen molar-refractivity contribution in [3.63, 3.8) is 0 Å². The zero-order valence-electron chi connectivity index (χ0n) is 36.1. The van der Waals surface area contributed by atoms with Crippen LogP contribution in [0.1, 0.15) is 17.5 Å². The molecule has 0 bridgehead atoms. The minimum atomic E-state index is 0.958. The molecule has 0 radical (unpaired) electrons. The van der Waals surface area contributed by atoms with E-state index in [1.54, 1.807) is 0 Å². The normalized spacial score (nSPS) is 12.4. The first kappa shape index (κ1) is 38.9. The van der Waals surface area contributed by atoms with Gasteiger partial charge in [0, 0.05) is 25.1 Å². The van der Waals surface area contributed by atoms with Crippen molar-refractivity contribution in [1.82, 2.24) is 0 Å². The van der Waals surface area contributed by atoms with E-state index in [0.29, 0.717) is 0 Å². The average molecular weight is 875 g/mol. The number of hydrogen-bond acceptors (Lipinski definition) is 2. The first-order chi connectivity index (χ1) is 32.7. The van der Waals surface area contributed by atoms with E-state index in [4.69, 9.17) is 12.6 Å². The lowest BCUT2D eigenvalue weighted by Crippen LogP contribution is -2.02.